The van der Waals surface area contributed by atoms with E-state index in [1.807, 2.05) is 11.3 Å². The van der Waals surface area contributed by atoms with E-state index >= 15 is 0 Å². The first-order valence-electron chi connectivity index (χ1n) is 7.71. The fraction of sp³-hybridized carbons (Fsp3) is 0.750. The van der Waals surface area contributed by atoms with Gasteiger partial charge in [-0.05, 0) is 37.4 Å². The van der Waals surface area contributed by atoms with Gasteiger partial charge in [-0.2, -0.15) is 0 Å². The van der Waals surface area contributed by atoms with E-state index in [0.717, 1.165) is 25.6 Å². The highest BCUT2D eigenvalue weighted by Gasteiger charge is 2.21. The fourth-order valence-electron chi connectivity index (χ4n) is 2.81. The van der Waals surface area contributed by atoms with E-state index in [1.54, 1.807) is 0 Å². The van der Waals surface area contributed by atoms with Gasteiger partial charge in [0.15, 0.2) is 0 Å². The molecular formula is C16H27NOS. The topological polar surface area (TPSA) is 21.3 Å². The summed E-state index contributed by atoms with van der Waals surface area (Å²) in [5.41, 5.74) is 0. The summed E-state index contributed by atoms with van der Waals surface area (Å²) in [5, 5.41) is 3.37. The Bertz CT molecular complexity index is 363. The maximum Gasteiger partial charge on any atom is 0.0813 e. The van der Waals surface area contributed by atoms with Gasteiger partial charge in [-0.15, -0.1) is 11.3 Å². The number of hydrogen-bond donors (Lipinski definition) is 1. The van der Waals surface area contributed by atoms with Crippen LogP contribution in [0.2, 0.25) is 0 Å². The predicted molar refractivity (Wildman–Crippen MR) is 82.5 cm³/mol. The molecule has 1 fully saturated rings. The molecule has 0 aliphatic heterocycles. The Hall–Kier alpha value is -0.380. The van der Waals surface area contributed by atoms with Crippen molar-refractivity contribution in [3.8, 4) is 0 Å². The number of hydrogen-bond acceptors (Lipinski definition) is 3. The molecule has 0 aromatic carbocycles. The van der Waals surface area contributed by atoms with Gasteiger partial charge >= 0.3 is 0 Å². The average molecular weight is 281 g/mol. The fourth-order valence-corrected chi connectivity index (χ4v) is 3.72. The highest BCUT2D eigenvalue weighted by atomic mass is 32.1. The molecule has 1 aromatic heterocycles. The van der Waals surface area contributed by atoms with E-state index < -0.39 is 0 Å². The highest BCUT2D eigenvalue weighted by molar-refractivity contribution is 7.11. The zero-order valence-electron chi connectivity index (χ0n) is 12.3. The normalized spacial score (nSPS) is 23.7. The van der Waals surface area contributed by atoms with Gasteiger partial charge in [0, 0.05) is 16.3 Å². The van der Waals surface area contributed by atoms with Crippen molar-refractivity contribution in [2.24, 2.45) is 5.92 Å². The maximum absolute atomic E-state index is 6.11. The van der Waals surface area contributed by atoms with Gasteiger partial charge in [-0.1, -0.05) is 33.1 Å². The molecule has 19 heavy (non-hydrogen) atoms. The van der Waals surface area contributed by atoms with Crippen LogP contribution >= 0.6 is 11.3 Å². The third kappa shape index (κ3) is 4.90. The highest BCUT2D eigenvalue weighted by Crippen LogP contribution is 2.29. The Balaban J connectivity index is 1.73. The molecule has 1 heterocycles. The second-order valence-electron chi connectivity index (χ2n) is 5.52. The maximum atomic E-state index is 6.11. The molecule has 1 N–H and O–H groups in total. The summed E-state index contributed by atoms with van der Waals surface area (Å²) in [6.07, 6.45) is 7.09. The standard InChI is InChI=1S/C16H27NOS/c1-3-13-6-5-7-14(10-13)18-12-16-9-8-15(19-16)11-17-4-2/h8-9,13-14,17H,3-7,10-12H2,1-2H3. The van der Waals surface area contributed by atoms with Gasteiger partial charge in [0.05, 0.1) is 12.7 Å². The monoisotopic (exact) mass is 281 g/mol. The van der Waals surface area contributed by atoms with Crippen LogP contribution in [0.25, 0.3) is 0 Å². The Morgan fingerprint density at radius 1 is 1.26 bits per heavy atom. The van der Waals surface area contributed by atoms with E-state index in [2.05, 4.69) is 31.3 Å². The molecule has 0 spiro atoms. The van der Waals surface area contributed by atoms with Crippen molar-refractivity contribution < 1.29 is 4.74 Å². The smallest absolute Gasteiger partial charge is 0.0813 e. The van der Waals surface area contributed by atoms with E-state index in [0.29, 0.717) is 6.10 Å². The van der Waals surface area contributed by atoms with Gasteiger partial charge < -0.3 is 10.1 Å². The van der Waals surface area contributed by atoms with Crippen molar-refractivity contribution in [3.05, 3.63) is 21.9 Å². The Kier molecular flexibility index (Phi) is 6.35. The molecule has 2 nitrogen and oxygen atoms in total. The van der Waals surface area contributed by atoms with Crippen molar-refractivity contribution in [3.63, 3.8) is 0 Å². The van der Waals surface area contributed by atoms with Crippen LogP contribution in [-0.2, 0) is 17.9 Å². The van der Waals surface area contributed by atoms with Crippen molar-refractivity contribution >= 4 is 11.3 Å². The summed E-state index contributed by atoms with van der Waals surface area (Å²) in [6, 6.07) is 4.44. The van der Waals surface area contributed by atoms with Crippen LogP contribution in [0.4, 0.5) is 0 Å². The SMILES string of the molecule is CCNCc1ccc(COC2CCCC(CC)C2)s1. The molecule has 3 heteroatoms. The molecule has 1 aliphatic rings. The van der Waals surface area contributed by atoms with E-state index in [-0.39, 0.29) is 0 Å². The first-order chi connectivity index (χ1) is 9.31. The van der Waals surface area contributed by atoms with E-state index in [1.165, 1.54) is 41.9 Å². The first kappa shape index (κ1) is 15.0. The number of ether oxygens (including phenoxy) is 1. The van der Waals surface area contributed by atoms with Gasteiger partial charge in [-0.25, -0.2) is 0 Å². The zero-order chi connectivity index (χ0) is 13.5. The zero-order valence-corrected chi connectivity index (χ0v) is 13.1. The van der Waals surface area contributed by atoms with Crippen molar-refractivity contribution in [1.82, 2.24) is 5.32 Å². The minimum atomic E-state index is 0.498. The molecule has 0 bridgehead atoms. The minimum Gasteiger partial charge on any atom is -0.373 e. The molecule has 0 radical (unpaired) electrons. The molecule has 2 atom stereocenters. The molecule has 1 aliphatic carbocycles. The van der Waals surface area contributed by atoms with Gasteiger partial charge in [0.2, 0.25) is 0 Å². The molecule has 1 saturated carbocycles. The largest absolute Gasteiger partial charge is 0.373 e. The minimum absolute atomic E-state index is 0.498. The van der Waals surface area contributed by atoms with Crippen LogP contribution in [0.3, 0.4) is 0 Å². The molecule has 1 aromatic rings. The van der Waals surface area contributed by atoms with Crippen LogP contribution in [0.15, 0.2) is 12.1 Å². The molecule has 2 unspecified atom stereocenters. The second-order valence-corrected chi connectivity index (χ2v) is 6.78. The lowest BCUT2D eigenvalue weighted by Gasteiger charge is -2.28. The third-order valence-electron chi connectivity index (χ3n) is 4.04. The summed E-state index contributed by atoms with van der Waals surface area (Å²) in [5.74, 6) is 0.895. The molecular weight excluding hydrogens is 254 g/mol. The Morgan fingerprint density at radius 3 is 2.89 bits per heavy atom. The van der Waals surface area contributed by atoms with Gasteiger partial charge in [-0.3, -0.25) is 0 Å². The van der Waals surface area contributed by atoms with Crippen LogP contribution in [0.1, 0.15) is 55.7 Å². The van der Waals surface area contributed by atoms with Crippen LogP contribution < -0.4 is 5.32 Å². The lowest BCUT2D eigenvalue weighted by atomic mass is 9.85. The number of thiophene rings is 1. The summed E-state index contributed by atoms with van der Waals surface area (Å²) in [7, 11) is 0. The average Bonchev–Trinajstić information content (AvgIpc) is 2.91. The lowest BCUT2D eigenvalue weighted by Crippen LogP contribution is -2.22. The van der Waals surface area contributed by atoms with Crippen LogP contribution in [-0.4, -0.2) is 12.6 Å². The van der Waals surface area contributed by atoms with Crippen molar-refractivity contribution in [2.75, 3.05) is 6.54 Å². The first-order valence-corrected chi connectivity index (χ1v) is 8.53. The van der Waals surface area contributed by atoms with Crippen molar-refractivity contribution in [2.45, 2.75) is 65.2 Å². The predicted octanol–water partition coefficient (Wildman–Crippen LogP) is 4.34. The van der Waals surface area contributed by atoms with Gasteiger partial charge in [0.25, 0.3) is 0 Å². The van der Waals surface area contributed by atoms with E-state index in [9.17, 15) is 0 Å². The summed E-state index contributed by atoms with van der Waals surface area (Å²) in [6.45, 7) is 7.27. The van der Waals surface area contributed by atoms with Gasteiger partial charge in [0.1, 0.15) is 0 Å². The number of nitrogens with one attached hydrogen (secondary N) is 1. The molecule has 0 amide bonds. The summed E-state index contributed by atoms with van der Waals surface area (Å²) < 4.78 is 6.11. The Morgan fingerprint density at radius 2 is 2.11 bits per heavy atom. The van der Waals surface area contributed by atoms with Crippen LogP contribution in [0, 0.1) is 5.92 Å². The van der Waals surface area contributed by atoms with E-state index in [4.69, 9.17) is 4.74 Å². The quantitative estimate of drug-likeness (QED) is 0.802. The second kappa shape index (κ2) is 8.03. The Labute approximate surface area is 121 Å². The summed E-state index contributed by atoms with van der Waals surface area (Å²) in [4.78, 5) is 2.78. The third-order valence-corrected chi connectivity index (χ3v) is 5.10. The molecule has 108 valence electrons. The summed E-state index contributed by atoms with van der Waals surface area (Å²) >= 11 is 1.88. The molecule has 0 saturated heterocycles. The number of rotatable bonds is 7. The van der Waals surface area contributed by atoms with Crippen molar-refractivity contribution in [1.29, 1.82) is 0 Å². The lowest BCUT2D eigenvalue weighted by molar-refractivity contribution is 0.00298. The van der Waals surface area contributed by atoms with Crippen LogP contribution in [0.5, 0.6) is 0 Å². The molecule has 2 rings (SSSR count).